The quantitative estimate of drug-likeness (QED) is 0.508. The molecule has 1 unspecified atom stereocenters. The molecule has 160 valence electrons. The Bertz CT molecular complexity index is 1230. The summed E-state index contributed by atoms with van der Waals surface area (Å²) in [7, 11) is -3.76. The predicted octanol–water partition coefficient (Wildman–Crippen LogP) is 5.36. The third-order valence-corrected chi connectivity index (χ3v) is 7.99. The van der Waals surface area contributed by atoms with Crippen LogP contribution in [0.3, 0.4) is 0 Å². The number of anilines is 1. The molecule has 1 atom stereocenters. The number of para-hydroxylation sites is 1. The molecule has 0 fully saturated rings. The number of amides is 1. The number of sulfonamides is 1. The van der Waals surface area contributed by atoms with Gasteiger partial charge in [-0.1, -0.05) is 35.9 Å². The number of carbonyl (C=O) groups is 1. The van der Waals surface area contributed by atoms with Crippen molar-refractivity contribution in [3.63, 3.8) is 0 Å². The van der Waals surface area contributed by atoms with E-state index < -0.39 is 10.0 Å². The summed E-state index contributed by atoms with van der Waals surface area (Å²) < 4.78 is 27.7. The van der Waals surface area contributed by atoms with Gasteiger partial charge in [0.2, 0.25) is 5.91 Å². The molecule has 1 aromatic heterocycles. The summed E-state index contributed by atoms with van der Waals surface area (Å²) in [5.41, 5.74) is 2.28. The second-order valence-electron chi connectivity index (χ2n) is 7.24. The second-order valence-corrected chi connectivity index (χ2v) is 10.3. The molecule has 0 saturated carbocycles. The van der Waals surface area contributed by atoms with Crippen molar-refractivity contribution < 1.29 is 13.2 Å². The van der Waals surface area contributed by atoms with Crippen molar-refractivity contribution in [1.29, 1.82) is 0 Å². The van der Waals surface area contributed by atoms with Crippen LogP contribution >= 0.6 is 22.9 Å². The standard InChI is InChI=1S/C23H21ClN2O3S2/c1-16-19-13-15-30-22(19)12-14-26(16)23(27)11-8-17-6-9-18(10-7-17)31(28,29)25-21-5-3-2-4-20(21)24/h2-11,13,15-16,25H,12,14H2,1H3/b11-8+. The molecule has 5 nitrogen and oxygen atoms in total. The number of rotatable bonds is 5. The monoisotopic (exact) mass is 472 g/mol. The van der Waals surface area contributed by atoms with Gasteiger partial charge in [0.05, 0.1) is 21.6 Å². The Morgan fingerprint density at radius 2 is 1.90 bits per heavy atom. The van der Waals surface area contributed by atoms with Crippen molar-refractivity contribution in [2.45, 2.75) is 24.3 Å². The fourth-order valence-electron chi connectivity index (χ4n) is 3.58. The van der Waals surface area contributed by atoms with E-state index in [0.29, 0.717) is 17.3 Å². The van der Waals surface area contributed by atoms with Gasteiger partial charge in [0.1, 0.15) is 0 Å². The number of fused-ring (bicyclic) bond motifs is 1. The number of nitrogens with one attached hydrogen (secondary N) is 1. The summed E-state index contributed by atoms with van der Waals surface area (Å²) in [6, 6.07) is 15.1. The van der Waals surface area contributed by atoms with E-state index in [-0.39, 0.29) is 16.8 Å². The molecule has 2 aromatic carbocycles. The third-order valence-electron chi connectivity index (χ3n) is 5.29. The molecular formula is C23H21ClN2O3S2. The molecule has 2 heterocycles. The van der Waals surface area contributed by atoms with Crippen molar-refractivity contribution in [3.05, 3.63) is 87.1 Å². The number of carbonyl (C=O) groups excluding carboxylic acids is 1. The van der Waals surface area contributed by atoms with Gasteiger partial charge in [-0.25, -0.2) is 8.42 Å². The van der Waals surface area contributed by atoms with Crippen LogP contribution in [0.4, 0.5) is 5.69 Å². The largest absolute Gasteiger partial charge is 0.332 e. The molecule has 1 amide bonds. The SMILES string of the molecule is CC1c2ccsc2CCN1C(=O)/C=C/c1ccc(S(=O)(=O)Nc2ccccc2Cl)cc1. The smallest absolute Gasteiger partial charge is 0.261 e. The molecule has 4 rings (SSSR count). The topological polar surface area (TPSA) is 66.5 Å². The Kier molecular flexibility index (Phi) is 6.18. The highest BCUT2D eigenvalue weighted by atomic mass is 35.5. The normalized spacial score (nSPS) is 16.3. The fraction of sp³-hybridized carbons (Fsp3) is 0.174. The lowest BCUT2D eigenvalue weighted by Gasteiger charge is -2.32. The van der Waals surface area contributed by atoms with Crippen LogP contribution in [0.1, 0.15) is 29.0 Å². The van der Waals surface area contributed by atoms with Crippen molar-refractivity contribution >= 4 is 50.6 Å². The average Bonchev–Trinajstić information content (AvgIpc) is 3.24. The summed E-state index contributed by atoms with van der Waals surface area (Å²) >= 11 is 7.78. The predicted molar refractivity (Wildman–Crippen MR) is 126 cm³/mol. The van der Waals surface area contributed by atoms with E-state index in [9.17, 15) is 13.2 Å². The number of nitrogens with zero attached hydrogens (tertiary/aromatic N) is 1. The molecule has 1 N–H and O–H groups in total. The summed E-state index contributed by atoms with van der Waals surface area (Å²) in [6.45, 7) is 2.74. The number of hydrogen-bond acceptors (Lipinski definition) is 4. The summed E-state index contributed by atoms with van der Waals surface area (Å²) in [6.07, 6.45) is 4.12. The molecule has 0 radical (unpaired) electrons. The van der Waals surface area contributed by atoms with Gasteiger partial charge in [0, 0.05) is 17.5 Å². The van der Waals surface area contributed by atoms with Crippen LogP contribution in [0.25, 0.3) is 6.08 Å². The van der Waals surface area contributed by atoms with Crippen LogP contribution in [-0.2, 0) is 21.2 Å². The zero-order valence-corrected chi connectivity index (χ0v) is 19.2. The lowest BCUT2D eigenvalue weighted by molar-refractivity contribution is -0.128. The Balaban J connectivity index is 1.44. The van der Waals surface area contributed by atoms with Gasteiger partial charge in [-0.2, -0.15) is 0 Å². The Hall–Kier alpha value is -2.61. The molecule has 31 heavy (non-hydrogen) atoms. The highest BCUT2D eigenvalue weighted by Crippen LogP contribution is 2.33. The number of halogens is 1. The van der Waals surface area contributed by atoms with Crippen LogP contribution in [0.5, 0.6) is 0 Å². The van der Waals surface area contributed by atoms with Gasteiger partial charge in [0.15, 0.2) is 0 Å². The Morgan fingerprint density at radius 3 is 2.65 bits per heavy atom. The third kappa shape index (κ3) is 4.69. The minimum absolute atomic E-state index is 0.0514. The number of benzene rings is 2. The first-order valence-corrected chi connectivity index (χ1v) is 12.5. The van der Waals surface area contributed by atoms with E-state index in [4.69, 9.17) is 11.6 Å². The van der Waals surface area contributed by atoms with Crippen molar-refractivity contribution in [2.24, 2.45) is 0 Å². The first-order chi connectivity index (χ1) is 14.8. The highest BCUT2D eigenvalue weighted by molar-refractivity contribution is 7.92. The first kappa shape index (κ1) is 21.6. The summed E-state index contributed by atoms with van der Waals surface area (Å²) in [5, 5.41) is 2.40. The molecule has 3 aromatic rings. The minimum Gasteiger partial charge on any atom is -0.332 e. The zero-order chi connectivity index (χ0) is 22.0. The van der Waals surface area contributed by atoms with E-state index in [1.165, 1.54) is 22.6 Å². The second kappa shape index (κ2) is 8.86. The highest BCUT2D eigenvalue weighted by Gasteiger charge is 2.27. The van der Waals surface area contributed by atoms with E-state index in [1.807, 2.05) is 11.8 Å². The van der Waals surface area contributed by atoms with Gasteiger partial charge < -0.3 is 4.90 Å². The lowest BCUT2D eigenvalue weighted by Crippen LogP contribution is -2.37. The van der Waals surface area contributed by atoms with Crippen molar-refractivity contribution in [3.8, 4) is 0 Å². The molecule has 0 saturated heterocycles. The van der Waals surface area contributed by atoms with Gasteiger partial charge in [-0.3, -0.25) is 9.52 Å². The first-order valence-electron chi connectivity index (χ1n) is 9.77. The summed E-state index contributed by atoms with van der Waals surface area (Å²) in [4.78, 5) is 16.0. The molecule has 0 spiro atoms. The fourth-order valence-corrected chi connectivity index (χ4v) is 5.86. The van der Waals surface area contributed by atoms with Gasteiger partial charge in [0.25, 0.3) is 10.0 Å². The van der Waals surface area contributed by atoms with Crippen LogP contribution in [0, 0.1) is 0 Å². The van der Waals surface area contributed by atoms with Crippen molar-refractivity contribution in [2.75, 3.05) is 11.3 Å². The van der Waals surface area contributed by atoms with E-state index in [2.05, 4.69) is 16.2 Å². The lowest BCUT2D eigenvalue weighted by atomic mass is 10.0. The molecule has 1 aliphatic heterocycles. The van der Waals surface area contributed by atoms with Crippen LogP contribution < -0.4 is 4.72 Å². The molecule has 0 aliphatic carbocycles. The number of thiophene rings is 1. The van der Waals surface area contributed by atoms with Crippen LogP contribution in [0.15, 0.2) is 70.9 Å². The van der Waals surface area contributed by atoms with E-state index in [0.717, 1.165) is 12.0 Å². The van der Waals surface area contributed by atoms with Crippen LogP contribution in [0.2, 0.25) is 5.02 Å². The van der Waals surface area contributed by atoms with Gasteiger partial charge in [-0.15, -0.1) is 11.3 Å². The van der Waals surface area contributed by atoms with Crippen molar-refractivity contribution in [1.82, 2.24) is 4.90 Å². The maximum Gasteiger partial charge on any atom is 0.261 e. The zero-order valence-electron chi connectivity index (χ0n) is 16.8. The molecule has 1 aliphatic rings. The molecule has 0 bridgehead atoms. The number of hydrogen-bond donors (Lipinski definition) is 1. The Morgan fingerprint density at radius 1 is 1.16 bits per heavy atom. The van der Waals surface area contributed by atoms with E-state index >= 15 is 0 Å². The molecule has 8 heteroatoms. The van der Waals surface area contributed by atoms with Gasteiger partial charge in [-0.05, 0) is 66.3 Å². The Labute approximate surface area is 191 Å². The molecular weight excluding hydrogens is 452 g/mol. The van der Waals surface area contributed by atoms with E-state index in [1.54, 1.807) is 59.9 Å². The van der Waals surface area contributed by atoms with Crippen LogP contribution in [-0.4, -0.2) is 25.8 Å². The maximum atomic E-state index is 12.7. The maximum absolute atomic E-state index is 12.7. The minimum atomic E-state index is -3.76. The summed E-state index contributed by atoms with van der Waals surface area (Å²) in [5.74, 6) is -0.0542. The van der Waals surface area contributed by atoms with Gasteiger partial charge >= 0.3 is 0 Å². The average molecular weight is 473 g/mol.